The molecule has 0 aliphatic carbocycles. The Morgan fingerprint density at radius 2 is 1.82 bits per heavy atom. The number of rotatable bonds is 8. The molecule has 2 heterocycles. The summed E-state index contributed by atoms with van der Waals surface area (Å²) in [6, 6.07) is 25.1. The van der Waals surface area contributed by atoms with E-state index in [-0.39, 0.29) is 17.2 Å². The highest BCUT2D eigenvalue weighted by Crippen LogP contribution is 2.25. The molecule has 5 rings (SSSR count). The number of nitrogens with one attached hydrogen (secondary N) is 1. The maximum atomic E-state index is 13.5. The van der Waals surface area contributed by atoms with E-state index in [0.29, 0.717) is 30.9 Å². The van der Waals surface area contributed by atoms with Crippen molar-refractivity contribution < 1.29 is 14.3 Å². The Morgan fingerprint density at radius 1 is 1.03 bits per heavy atom. The van der Waals surface area contributed by atoms with E-state index in [1.807, 2.05) is 24.3 Å². The third-order valence-electron chi connectivity index (χ3n) is 6.56. The third-order valence-corrected chi connectivity index (χ3v) is 6.56. The zero-order valence-corrected chi connectivity index (χ0v) is 21.1. The molecule has 0 saturated heterocycles. The molecule has 0 bridgehead atoms. The molecule has 0 radical (unpaired) electrons. The average Bonchev–Trinajstić information content (AvgIpc) is 3.38. The predicted molar refractivity (Wildman–Crippen MR) is 144 cm³/mol. The van der Waals surface area contributed by atoms with E-state index in [9.17, 15) is 9.59 Å². The van der Waals surface area contributed by atoms with Crippen LogP contribution in [0.25, 0.3) is 0 Å². The van der Waals surface area contributed by atoms with Crippen molar-refractivity contribution in [3.8, 4) is 6.07 Å². The highest BCUT2D eigenvalue weighted by Gasteiger charge is 2.32. The summed E-state index contributed by atoms with van der Waals surface area (Å²) in [5.74, 6) is -0.720. The van der Waals surface area contributed by atoms with Gasteiger partial charge in [-0.15, -0.1) is 0 Å². The number of aromatic nitrogens is 2. The molecule has 0 spiro atoms. The number of fused-ring (bicyclic) bond motifs is 1. The Labute approximate surface area is 221 Å². The standard InChI is InChI=1S/C30H27N5O3/c1-38-15-12-21-4-2-5-23(16-21)17-22-8-10-26(11-9-22)34-13-14-35-28(30(34)37)27(20-32-35)29(36)33-25-7-3-6-24(18-25)19-31/h2-11,16,18,20H,12-15,17H2,1H3,(H,33,36). The molecule has 4 aromatic rings. The number of benzene rings is 3. The van der Waals surface area contributed by atoms with Crippen molar-refractivity contribution in [2.45, 2.75) is 19.4 Å². The normalized spacial score (nSPS) is 12.6. The third kappa shape index (κ3) is 5.33. The molecule has 190 valence electrons. The quantitative estimate of drug-likeness (QED) is 0.381. The van der Waals surface area contributed by atoms with Gasteiger partial charge in [-0.05, 0) is 59.9 Å². The zero-order valence-electron chi connectivity index (χ0n) is 21.1. The molecule has 0 fully saturated rings. The number of nitriles is 1. The van der Waals surface area contributed by atoms with Gasteiger partial charge in [-0.2, -0.15) is 10.4 Å². The molecular formula is C30H27N5O3. The van der Waals surface area contributed by atoms with Gasteiger partial charge in [0.25, 0.3) is 11.8 Å². The maximum absolute atomic E-state index is 13.5. The minimum absolute atomic E-state index is 0.201. The highest BCUT2D eigenvalue weighted by molar-refractivity contribution is 6.15. The molecule has 0 saturated carbocycles. The lowest BCUT2D eigenvalue weighted by Crippen LogP contribution is -2.41. The minimum Gasteiger partial charge on any atom is -0.384 e. The Kier molecular flexibility index (Phi) is 7.29. The van der Waals surface area contributed by atoms with E-state index < -0.39 is 5.91 Å². The van der Waals surface area contributed by atoms with E-state index in [0.717, 1.165) is 24.1 Å². The summed E-state index contributed by atoms with van der Waals surface area (Å²) in [7, 11) is 1.71. The molecular weight excluding hydrogens is 478 g/mol. The summed E-state index contributed by atoms with van der Waals surface area (Å²) in [5, 5.41) is 16.1. The van der Waals surface area contributed by atoms with Crippen molar-refractivity contribution in [1.29, 1.82) is 5.26 Å². The maximum Gasteiger partial charge on any atom is 0.277 e. The summed E-state index contributed by atoms with van der Waals surface area (Å²) in [5.41, 5.74) is 5.75. The van der Waals surface area contributed by atoms with Gasteiger partial charge in [-0.3, -0.25) is 14.3 Å². The van der Waals surface area contributed by atoms with Gasteiger partial charge in [0.1, 0.15) is 5.69 Å². The van der Waals surface area contributed by atoms with Crippen molar-refractivity contribution in [2.24, 2.45) is 0 Å². The van der Waals surface area contributed by atoms with Crippen LogP contribution in [-0.4, -0.2) is 41.9 Å². The van der Waals surface area contributed by atoms with Crippen molar-refractivity contribution in [3.05, 3.63) is 113 Å². The van der Waals surface area contributed by atoms with Crippen molar-refractivity contribution >= 4 is 23.2 Å². The van der Waals surface area contributed by atoms with Gasteiger partial charge in [0.15, 0.2) is 0 Å². The molecule has 2 amide bonds. The Bertz CT molecular complexity index is 1520. The second-order valence-corrected chi connectivity index (χ2v) is 9.14. The number of ether oxygens (including phenoxy) is 1. The van der Waals surface area contributed by atoms with Crippen LogP contribution in [0.4, 0.5) is 11.4 Å². The zero-order chi connectivity index (χ0) is 26.5. The van der Waals surface area contributed by atoms with Crippen LogP contribution in [0.3, 0.4) is 0 Å². The molecule has 8 heteroatoms. The number of methoxy groups -OCH3 is 1. The topological polar surface area (TPSA) is 100 Å². The Hall–Kier alpha value is -4.74. The largest absolute Gasteiger partial charge is 0.384 e. The predicted octanol–water partition coefficient (Wildman–Crippen LogP) is 4.45. The molecule has 1 aliphatic heterocycles. The van der Waals surface area contributed by atoms with E-state index in [1.165, 1.54) is 17.3 Å². The highest BCUT2D eigenvalue weighted by atomic mass is 16.5. The fraction of sp³-hybridized carbons (Fsp3) is 0.200. The summed E-state index contributed by atoms with van der Waals surface area (Å²) in [6.07, 6.45) is 3.09. The fourth-order valence-corrected chi connectivity index (χ4v) is 4.63. The van der Waals surface area contributed by atoms with Crippen molar-refractivity contribution in [1.82, 2.24) is 9.78 Å². The summed E-state index contributed by atoms with van der Waals surface area (Å²) in [4.78, 5) is 28.2. The van der Waals surface area contributed by atoms with Crippen LogP contribution in [0.15, 0.2) is 79.0 Å². The van der Waals surface area contributed by atoms with Crippen LogP contribution in [0.2, 0.25) is 0 Å². The van der Waals surface area contributed by atoms with E-state index >= 15 is 0 Å². The van der Waals surface area contributed by atoms with Crippen LogP contribution in [0.1, 0.15) is 43.1 Å². The monoisotopic (exact) mass is 505 g/mol. The number of anilines is 2. The lowest BCUT2D eigenvalue weighted by atomic mass is 10.0. The fourth-order valence-electron chi connectivity index (χ4n) is 4.63. The first-order valence-electron chi connectivity index (χ1n) is 12.4. The number of amides is 2. The van der Waals surface area contributed by atoms with Crippen LogP contribution in [0, 0.1) is 11.3 Å². The van der Waals surface area contributed by atoms with Crippen LogP contribution < -0.4 is 10.2 Å². The molecule has 8 nitrogen and oxygen atoms in total. The number of hydrogen-bond acceptors (Lipinski definition) is 5. The average molecular weight is 506 g/mol. The van der Waals surface area contributed by atoms with Gasteiger partial charge in [-0.1, -0.05) is 42.5 Å². The van der Waals surface area contributed by atoms with Crippen molar-refractivity contribution in [3.63, 3.8) is 0 Å². The molecule has 0 unspecified atom stereocenters. The van der Waals surface area contributed by atoms with Gasteiger partial charge < -0.3 is 15.0 Å². The number of nitrogens with zero attached hydrogens (tertiary/aromatic N) is 4. The summed E-state index contributed by atoms with van der Waals surface area (Å²) in [6.45, 7) is 1.63. The number of carbonyl (C=O) groups is 2. The van der Waals surface area contributed by atoms with E-state index in [1.54, 1.807) is 41.0 Å². The van der Waals surface area contributed by atoms with Crippen LogP contribution in [-0.2, 0) is 24.1 Å². The summed E-state index contributed by atoms with van der Waals surface area (Å²) >= 11 is 0. The van der Waals surface area contributed by atoms with Gasteiger partial charge in [0.05, 0.1) is 36.5 Å². The van der Waals surface area contributed by atoms with Crippen LogP contribution >= 0.6 is 0 Å². The SMILES string of the molecule is COCCc1cccc(Cc2ccc(N3CCn4ncc(C(=O)Nc5cccc(C#N)c5)c4C3=O)cc2)c1. The lowest BCUT2D eigenvalue weighted by Gasteiger charge is -2.28. The molecule has 1 aliphatic rings. The van der Waals surface area contributed by atoms with Gasteiger partial charge in [0, 0.05) is 25.0 Å². The molecule has 3 aromatic carbocycles. The first-order chi connectivity index (χ1) is 18.6. The van der Waals surface area contributed by atoms with Crippen molar-refractivity contribution in [2.75, 3.05) is 30.5 Å². The smallest absolute Gasteiger partial charge is 0.277 e. The van der Waals surface area contributed by atoms with Gasteiger partial charge >= 0.3 is 0 Å². The van der Waals surface area contributed by atoms with Gasteiger partial charge in [-0.25, -0.2) is 0 Å². The number of hydrogen-bond donors (Lipinski definition) is 1. The molecule has 1 N–H and O–H groups in total. The van der Waals surface area contributed by atoms with Gasteiger partial charge in [0.2, 0.25) is 0 Å². The first-order valence-corrected chi connectivity index (χ1v) is 12.4. The Morgan fingerprint density at radius 3 is 2.61 bits per heavy atom. The lowest BCUT2D eigenvalue weighted by molar-refractivity contribution is 0.0947. The molecule has 38 heavy (non-hydrogen) atoms. The number of carbonyl (C=O) groups excluding carboxylic acids is 2. The molecule has 0 atom stereocenters. The second-order valence-electron chi connectivity index (χ2n) is 9.14. The Balaban J connectivity index is 1.30. The molecule has 1 aromatic heterocycles. The summed E-state index contributed by atoms with van der Waals surface area (Å²) < 4.78 is 6.76. The van der Waals surface area contributed by atoms with E-state index in [4.69, 9.17) is 10.00 Å². The van der Waals surface area contributed by atoms with E-state index in [2.05, 4.69) is 40.8 Å². The minimum atomic E-state index is -0.445. The first kappa shape index (κ1) is 24.9. The van der Waals surface area contributed by atoms with Crippen LogP contribution in [0.5, 0.6) is 0 Å². The second kappa shape index (κ2) is 11.1.